The van der Waals surface area contributed by atoms with Crippen molar-refractivity contribution in [3.05, 3.63) is 36.5 Å². The van der Waals surface area contributed by atoms with Crippen LogP contribution in [0.3, 0.4) is 0 Å². The minimum Gasteiger partial charge on any atom is -0.298 e. The molecule has 0 aliphatic carbocycles. The molecule has 1 aliphatic heterocycles. The van der Waals surface area contributed by atoms with Crippen LogP contribution in [-0.2, 0) is 0 Å². The molecule has 0 saturated carbocycles. The first-order valence-corrected chi connectivity index (χ1v) is 12.5. The van der Waals surface area contributed by atoms with E-state index in [1.165, 1.54) is 11.8 Å². The highest BCUT2D eigenvalue weighted by molar-refractivity contribution is 8.14. The maximum Gasteiger partial charge on any atom is 0.291 e. The fraction of sp³-hybridized carbons (Fsp3) is 0.429. The van der Waals surface area contributed by atoms with Gasteiger partial charge in [0.15, 0.2) is 5.82 Å². The number of pyridine rings is 1. The normalized spacial score (nSPS) is 13.2. The van der Waals surface area contributed by atoms with E-state index in [-0.39, 0.29) is 5.24 Å². The van der Waals surface area contributed by atoms with Gasteiger partial charge in [-0.05, 0) is 64.3 Å². The van der Waals surface area contributed by atoms with Crippen LogP contribution in [0.4, 0.5) is 16.3 Å². The monoisotopic (exact) mass is 433 g/mol. The van der Waals surface area contributed by atoms with Gasteiger partial charge in [-0.15, -0.1) is 11.8 Å². The topological polar surface area (TPSA) is 36.4 Å². The molecule has 2 aromatic rings. The van der Waals surface area contributed by atoms with E-state index in [4.69, 9.17) is 0 Å². The second-order valence-corrected chi connectivity index (χ2v) is 10.1. The predicted molar refractivity (Wildman–Crippen MR) is 124 cm³/mol. The maximum atomic E-state index is 13.3. The fourth-order valence-corrected chi connectivity index (χ4v) is 5.58. The maximum absolute atomic E-state index is 13.3. The van der Waals surface area contributed by atoms with E-state index in [2.05, 4.69) is 62.0 Å². The third-order valence-electron chi connectivity index (χ3n) is 4.67. The van der Waals surface area contributed by atoms with Gasteiger partial charge in [0.25, 0.3) is 5.24 Å². The van der Waals surface area contributed by atoms with Crippen molar-refractivity contribution in [2.24, 2.45) is 0 Å². The van der Waals surface area contributed by atoms with Gasteiger partial charge < -0.3 is 0 Å². The van der Waals surface area contributed by atoms with Crippen LogP contribution in [0.25, 0.3) is 0 Å². The molecule has 0 radical (unpaired) electrons. The lowest BCUT2D eigenvalue weighted by atomic mass is 10.2. The molecular formula is C21H27N3OS3. The second kappa shape index (κ2) is 9.57. The average Bonchev–Trinajstić information content (AvgIpc) is 2.68. The number of hydrogen-bond donors (Lipinski definition) is 0. The Balaban J connectivity index is 1.83. The Morgan fingerprint density at radius 1 is 1.18 bits per heavy atom. The molecule has 0 bridgehead atoms. The van der Waals surface area contributed by atoms with Gasteiger partial charge in [-0.25, -0.2) is 4.98 Å². The van der Waals surface area contributed by atoms with E-state index in [0.29, 0.717) is 12.1 Å². The minimum atomic E-state index is 0.0345. The number of carbonyl (C=O) groups is 1. The molecule has 1 aliphatic rings. The van der Waals surface area contributed by atoms with E-state index in [9.17, 15) is 4.79 Å². The lowest BCUT2D eigenvalue weighted by Crippen LogP contribution is -2.39. The number of amides is 1. The molecule has 1 aromatic carbocycles. The van der Waals surface area contributed by atoms with E-state index in [1.54, 1.807) is 34.6 Å². The number of hydrogen-bond acceptors (Lipinski definition) is 6. The van der Waals surface area contributed by atoms with Gasteiger partial charge in [0, 0.05) is 40.4 Å². The zero-order chi connectivity index (χ0) is 20.3. The zero-order valence-electron chi connectivity index (χ0n) is 17.0. The number of benzene rings is 1. The molecule has 1 aromatic heterocycles. The van der Waals surface area contributed by atoms with Gasteiger partial charge in [0.1, 0.15) is 0 Å². The number of aromatic nitrogens is 1. The highest BCUT2D eigenvalue weighted by atomic mass is 32.2. The Kier molecular flexibility index (Phi) is 7.36. The number of thioether (sulfide) groups is 2. The van der Waals surface area contributed by atoms with Gasteiger partial charge in [-0.2, -0.15) is 0 Å². The lowest BCUT2D eigenvalue weighted by molar-refractivity contribution is 0.187. The Bertz CT molecular complexity index is 833. The van der Waals surface area contributed by atoms with Gasteiger partial charge in [-0.1, -0.05) is 23.5 Å². The van der Waals surface area contributed by atoms with E-state index in [1.807, 2.05) is 12.1 Å². The Morgan fingerprint density at radius 3 is 2.61 bits per heavy atom. The molecule has 4 nitrogen and oxygen atoms in total. The van der Waals surface area contributed by atoms with Crippen molar-refractivity contribution in [2.45, 2.75) is 54.5 Å². The first kappa shape index (κ1) is 21.6. The van der Waals surface area contributed by atoms with Crippen LogP contribution in [0.5, 0.6) is 0 Å². The molecule has 0 saturated heterocycles. The summed E-state index contributed by atoms with van der Waals surface area (Å²) in [6.45, 7) is 9.70. The van der Waals surface area contributed by atoms with Crippen LogP contribution in [0.1, 0.15) is 27.7 Å². The molecule has 2 heterocycles. The van der Waals surface area contributed by atoms with Crippen molar-refractivity contribution < 1.29 is 4.79 Å². The van der Waals surface area contributed by atoms with Crippen LogP contribution >= 0.6 is 35.3 Å². The quantitative estimate of drug-likeness (QED) is 0.492. The summed E-state index contributed by atoms with van der Waals surface area (Å²) in [4.78, 5) is 25.3. The molecule has 0 spiro atoms. The first-order valence-electron chi connectivity index (χ1n) is 9.46. The molecule has 28 heavy (non-hydrogen) atoms. The van der Waals surface area contributed by atoms with Gasteiger partial charge >= 0.3 is 0 Å². The van der Waals surface area contributed by atoms with Gasteiger partial charge in [0.05, 0.1) is 10.6 Å². The average molecular weight is 434 g/mol. The van der Waals surface area contributed by atoms with Crippen LogP contribution in [0.15, 0.2) is 51.2 Å². The van der Waals surface area contributed by atoms with Crippen LogP contribution in [-0.4, -0.2) is 45.8 Å². The summed E-state index contributed by atoms with van der Waals surface area (Å²) < 4.78 is 0. The Labute approximate surface area is 180 Å². The molecule has 0 atom stereocenters. The van der Waals surface area contributed by atoms with Crippen molar-refractivity contribution >= 4 is 52.0 Å². The van der Waals surface area contributed by atoms with E-state index < -0.39 is 0 Å². The van der Waals surface area contributed by atoms with Crippen molar-refractivity contribution in [1.29, 1.82) is 0 Å². The van der Waals surface area contributed by atoms with Gasteiger partial charge in [0.2, 0.25) is 0 Å². The largest absolute Gasteiger partial charge is 0.298 e. The second-order valence-electron chi connectivity index (χ2n) is 7.14. The highest BCUT2D eigenvalue weighted by Gasteiger charge is 2.30. The number of rotatable bonds is 6. The number of anilines is 2. The van der Waals surface area contributed by atoms with E-state index in [0.717, 1.165) is 38.5 Å². The van der Waals surface area contributed by atoms with Crippen LogP contribution < -0.4 is 4.90 Å². The summed E-state index contributed by atoms with van der Waals surface area (Å²) >= 11 is 4.74. The molecule has 3 rings (SSSR count). The molecular weight excluding hydrogens is 406 g/mol. The summed E-state index contributed by atoms with van der Waals surface area (Å²) in [6.07, 6.45) is 3.81. The summed E-state index contributed by atoms with van der Waals surface area (Å²) in [7, 11) is 0. The standard InChI is InChI=1S/C21H27N3OS3/c1-14(2)23(15(3)4)11-12-27-21(25)24-17-13-16(26-5)8-9-18(17)28-19-7-6-10-22-20(19)24/h6-10,13-15H,11-12H2,1-5H3. The van der Waals surface area contributed by atoms with Crippen molar-refractivity contribution in [2.75, 3.05) is 23.5 Å². The van der Waals surface area contributed by atoms with E-state index >= 15 is 0 Å². The van der Waals surface area contributed by atoms with Crippen molar-refractivity contribution in [3.63, 3.8) is 0 Å². The summed E-state index contributed by atoms with van der Waals surface area (Å²) in [6, 6.07) is 11.2. The lowest BCUT2D eigenvalue weighted by Gasteiger charge is -2.31. The third kappa shape index (κ3) is 4.70. The summed E-state index contributed by atoms with van der Waals surface area (Å²) in [5.74, 6) is 1.50. The van der Waals surface area contributed by atoms with Crippen LogP contribution in [0, 0.1) is 0 Å². The SMILES string of the molecule is CSc1ccc2c(c1)N(C(=O)SCCN(C(C)C)C(C)C)c1ncccc1S2. The molecule has 1 amide bonds. The fourth-order valence-electron chi connectivity index (χ4n) is 3.35. The summed E-state index contributed by atoms with van der Waals surface area (Å²) in [5, 5.41) is 0.0345. The van der Waals surface area contributed by atoms with Gasteiger partial charge in [-0.3, -0.25) is 14.6 Å². The highest BCUT2D eigenvalue weighted by Crippen LogP contribution is 2.48. The number of nitrogens with zero attached hydrogens (tertiary/aromatic N) is 3. The molecule has 0 N–H and O–H groups in total. The molecule has 0 unspecified atom stereocenters. The molecule has 150 valence electrons. The number of fused-ring (bicyclic) bond motifs is 2. The third-order valence-corrected chi connectivity index (χ3v) is 7.32. The van der Waals surface area contributed by atoms with Crippen molar-refractivity contribution in [1.82, 2.24) is 9.88 Å². The van der Waals surface area contributed by atoms with Crippen molar-refractivity contribution in [3.8, 4) is 0 Å². The first-order chi connectivity index (χ1) is 13.4. The molecule has 7 heteroatoms. The minimum absolute atomic E-state index is 0.0345. The Morgan fingerprint density at radius 2 is 1.93 bits per heavy atom. The Hall–Kier alpha value is -1.15. The smallest absolute Gasteiger partial charge is 0.291 e. The zero-order valence-corrected chi connectivity index (χ0v) is 19.5. The predicted octanol–water partition coefficient (Wildman–Crippen LogP) is 6.38. The van der Waals surface area contributed by atoms with Crippen LogP contribution in [0.2, 0.25) is 0 Å². The number of carbonyl (C=O) groups excluding carboxylic acids is 1. The summed E-state index contributed by atoms with van der Waals surface area (Å²) in [5.41, 5.74) is 0.935. The molecule has 0 fully saturated rings.